The van der Waals surface area contributed by atoms with Crippen molar-refractivity contribution in [1.82, 2.24) is 9.71 Å². The Hall–Kier alpha value is -0.870. The van der Waals surface area contributed by atoms with Crippen molar-refractivity contribution in [2.45, 2.75) is 30.2 Å². The molecular weight excluding hydrogens is 309 g/mol. The molecule has 5 nitrogen and oxygen atoms in total. The van der Waals surface area contributed by atoms with Crippen molar-refractivity contribution < 1.29 is 8.42 Å². The van der Waals surface area contributed by atoms with Gasteiger partial charge in [-0.25, -0.2) is 18.1 Å². The Kier molecular flexibility index (Phi) is 4.31. The zero-order valence-electron chi connectivity index (χ0n) is 9.81. The summed E-state index contributed by atoms with van der Waals surface area (Å²) < 4.78 is 26.8. The number of hydrogen-bond donors (Lipinski definition) is 1. The molecule has 19 heavy (non-hydrogen) atoms. The van der Waals surface area contributed by atoms with Crippen LogP contribution >= 0.6 is 23.2 Å². The van der Waals surface area contributed by atoms with Crippen molar-refractivity contribution in [2.24, 2.45) is 5.92 Å². The number of pyridine rings is 1. The van der Waals surface area contributed by atoms with Crippen molar-refractivity contribution in [2.75, 3.05) is 0 Å². The Morgan fingerprint density at radius 1 is 1.42 bits per heavy atom. The van der Waals surface area contributed by atoms with Crippen molar-refractivity contribution in [3.8, 4) is 6.07 Å². The summed E-state index contributed by atoms with van der Waals surface area (Å²) in [6, 6.07) is 3.01. The molecule has 1 aromatic rings. The lowest BCUT2D eigenvalue weighted by atomic mass is 10.1. The zero-order chi connectivity index (χ0) is 14.0. The van der Waals surface area contributed by atoms with Crippen LogP contribution in [-0.4, -0.2) is 19.4 Å². The summed E-state index contributed by atoms with van der Waals surface area (Å²) in [7, 11) is -3.73. The van der Waals surface area contributed by atoms with Crippen LogP contribution in [-0.2, 0) is 10.0 Å². The van der Waals surface area contributed by atoms with E-state index in [0.29, 0.717) is 12.8 Å². The van der Waals surface area contributed by atoms with Crippen LogP contribution in [0.1, 0.15) is 19.3 Å². The largest absolute Gasteiger partial charge is 0.242 e. The summed E-state index contributed by atoms with van der Waals surface area (Å²) in [4.78, 5) is 3.66. The number of nitrogens with zero attached hydrogens (tertiary/aromatic N) is 2. The molecule has 0 bridgehead atoms. The molecule has 1 saturated carbocycles. The van der Waals surface area contributed by atoms with E-state index in [2.05, 4.69) is 15.8 Å². The molecule has 1 heterocycles. The van der Waals surface area contributed by atoms with E-state index in [1.807, 2.05) is 0 Å². The molecule has 0 spiro atoms. The second-order valence-electron chi connectivity index (χ2n) is 4.34. The van der Waals surface area contributed by atoms with E-state index in [4.69, 9.17) is 28.5 Å². The summed E-state index contributed by atoms with van der Waals surface area (Å²) in [5, 5.41) is 9.08. The fraction of sp³-hybridized carbons (Fsp3) is 0.455. The molecule has 1 aliphatic rings. The highest BCUT2D eigenvalue weighted by molar-refractivity contribution is 7.89. The van der Waals surface area contributed by atoms with Crippen LogP contribution < -0.4 is 4.72 Å². The summed E-state index contributed by atoms with van der Waals surface area (Å²) in [5.74, 6) is -0.287. The summed E-state index contributed by atoms with van der Waals surface area (Å²) >= 11 is 11.4. The van der Waals surface area contributed by atoms with E-state index in [-0.39, 0.29) is 27.0 Å². The monoisotopic (exact) mass is 319 g/mol. The summed E-state index contributed by atoms with van der Waals surface area (Å²) in [6.07, 6.45) is 3.35. The summed E-state index contributed by atoms with van der Waals surface area (Å²) in [5.41, 5.74) is 0. The van der Waals surface area contributed by atoms with Gasteiger partial charge in [0.1, 0.15) is 10.0 Å². The fourth-order valence-corrected chi connectivity index (χ4v) is 3.69. The number of halogens is 2. The Balaban J connectivity index is 2.23. The quantitative estimate of drug-likeness (QED) is 0.867. The number of rotatable bonds is 3. The first-order valence-corrected chi connectivity index (χ1v) is 7.91. The molecule has 102 valence electrons. The number of nitriles is 1. The predicted molar refractivity (Wildman–Crippen MR) is 71.3 cm³/mol. The number of hydrogen-bond acceptors (Lipinski definition) is 4. The zero-order valence-corrected chi connectivity index (χ0v) is 12.1. The minimum Gasteiger partial charge on any atom is -0.242 e. The third kappa shape index (κ3) is 3.18. The van der Waals surface area contributed by atoms with Crippen LogP contribution in [0.4, 0.5) is 0 Å². The highest BCUT2D eigenvalue weighted by Crippen LogP contribution is 2.27. The maximum atomic E-state index is 12.2. The van der Waals surface area contributed by atoms with E-state index in [1.54, 1.807) is 0 Å². The summed E-state index contributed by atoms with van der Waals surface area (Å²) in [6.45, 7) is 0. The first kappa shape index (κ1) is 14.5. The van der Waals surface area contributed by atoms with Gasteiger partial charge in [0, 0.05) is 12.2 Å². The van der Waals surface area contributed by atoms with Gasteiger partial charge in [-0.05, 0) is 18.9 Å². The lowest BCUT2D eigenvalue weighted by Gasteiger charge is -2.15. The lowest BCUT2D eigenvalue weighted by Crippen LogP contribution is -2.36. The maximum absolute atomic E-state index is 12.2. The second kappa shape index (κ2) is 5.63. The van der Waals surface area contributed by atoms with Crippen LogP contribution in [0.25, 0.3) is 0 Å². The number of aromatic nitrogens is 1. The van der Waals surface area contributed by atoms with Gasteiger partial charge in [0.2, 0.25) is 10.0 Å². The lowest BCUT2D eigenvalue weighted by molar-refractivity contribution is 0.515. The van der Waals surface area contributed by atoms with Gasteiger partial charge in [0.05, 0.1) is 17.0 Å². The van der Waals surface area contributed by atoms with Gasteiger partial charge in [-0.1, -0.05) is 29.6 Å². The fourth-order valence-electron chi connectivity index (χ4n) is 2.07. The molecule has 1 N–H and O–H groups in total. The Labute approximate surface area is 121 Å². The van der Waals surface area contributed by atoms with Crippen LogP contribution in [0, 0.1) is 17.2 Å². The van der Waals surface area contributed by atoms with Crippen LogP contribution in [0.5, 0.6) is 0 Å². The minimum atomic E-state index is -3.73. The van der Waals surface area contributed by atoms with E-state index >= 15 is 0 Å². The van der Waals surface area contributed by atoms with E-state index < -0.39 is 10.0 Å². The average Bonchev–Trinajstić information content (AvgIpc) is 2.79. The van der Waals surface area contributed by atoms with Gasteiger partial charge in [-0.15, -0.1) is 0 Å². The normalized spacial score (nSPS) is 23.2. The highest BCUT2D eigenvalue weighted by atomic mass is 35.5. The van der Waals surface area contributed by atoms with Gasteiger partial charge in [0.25, 0.3) is 0 Å². The van der Waals surface area contributed by atoms with Gasteiger partial charge in [0.15, 0.2) is 0 Å². The highest BCUT2D eigenvalue weighted by Gasteiger charge is 2.31. The minimum absolute atomic E-state index is 0.0505. The maximum Gasteiger partial charge on any atom is 0.242 e. The third-order valence-corrected chi connectivity index (χ3v) is 5.21. The van der Waals surface area contributed by atoms with Crippen LogP contribution in [0.3, 0.4) is 0 Å². The van der Waals surface area contributed by atoms with Crippen molar-refractivity contribution >= 4 is 33.2 Å². The molecule has 0 radical (unpaired) electrons. The predicted octanol–water partition coefficient (Wildman–Crippen LogP) is 2.36. The van der Waals surface area contributed by atoms with Crippen LogP contribution in [0.2, 0.25) is 10.2 Å². The molecule has 2 rings (SSSR count). The molecule has 2 atom stereocenters. The first-order valence-electron chi connectivity index (χ1n) is 5.67. The van der Waals surface area contributed by atoms with Gasteiger partial charge < -0.3 is 0 Å². The van der Waals surface area contributed by atoms with E-state index in [0.717, 1.165) is 12.6 Å². The molecule has 8 heteroatoms. The van der Waals surface area contributed by atoms with Crippen molar-refractivity contribution in [1.29, 1.82) is 5.26 Å². The van der Waals surface area contributed by atoms with Crippen LogP contribution in [0.15, 0.2) is 17.2 Å². The van der Waals surface area contributed by atoms with E-state index in [9.17, 15) is 8.42 Å². The standard InChI is InChI=1S/C11H11Cl2N3O2S/c12-9-4-8(6-15-11(9)13)19(17,18)16-10-3-1-2-7(10)5-14/h4,6-7,10,16H,1-3H2. The molecule has 0 aliphatic heterocycles. The van der Waals surface area contributed by atoms with Gasteiger partial charge >= 0.3 is 0 Å². The Morgan fingerprint density at radius 2 is 2.16 bits per heavy atom. The SMILES string of the molecule is N#CC1CCCC1NS(=O)(=O)c1cnc(Cl)c(Cl)c1. The first-order chi connectivity index (χ1) is 8.94. The third-order valence-electron chi connectivity index (χ3n) is 3.07. The second-order valence-corrected chi connectivity index (χ2v) is 6.82. The molecule has 1 aromatic heterocycles. The van der Waals surface area contributed by atoms with E-state index in [1.165, 1.54) is 6.07 Å². The van der Waals surface area contributed by atoms with Crippen molar-refractivity contribution in [3.63, 3.8) is 0 Å². The molecule has 1 fully saturated rings. The van der Waals surface area contributed by atoms with Gasteiger partial charge in [-0.3, -0.25) is 0 Å². The topological polar surface area (TPSA) is 82.9 Å². The molecular formula is C11H11Cl2N3O2S. The number of sulfonamides is 1. The Morgan fingerprint density at radius 3 is 2.79 bits per heavy atom. The molecule has 1 aliphatic carbocycles. The molecule has 2 unspecified atom stereocenters. The molecule has 0 aromatic carbocycles. The van der Waals surface area contributed by atoms with Gasteiger partial charge in [-0.2, -0.15) is 5.26 Å². The average molecular weight is 320 g/mol. The molecule has 0 saturated heterocycles. The molecule has 0 amide bonds. The Bertz CT molecular complexity index is 627. The van der Waals surface area contributed by atoms with Crippen molar-refractivity contribution in [3.05, 3.63) is 22.4 Å². The smallest absolute Gasteiger partial charge is 0.242 e. The number of nitrogens with one attached hydrogen (secondary N) is 1.